The third kappa shape index (κ3) is 2.05. The summed E-state index contributed by atoms with van der Waals surface area (Å²) >= 11 is 0. The average molecular weight is 227 g/mol. The zero-order valence-electron chi connectivity index (χ0n) is 10.1. The smallest absolute Gasteiger partial charge is 0.0994 e. The minimum absolute atomic E-state index is 0.201. The van der Waals surface area contributed by atoms with Gasteiger partial charge in [0.15, 0.2) is 0 Å². The SMILES string of the molecule is Cc1cc(C2CCCCO2)nc2ccccc12. The van der Waals surface area contributed by atoms with E-state index in [-0.39, 0.29) is 6.10 Å². The van der Waals surface area contributed by atoms with Gasteiger partial charge in [-0.3, -0.25) is 4.98 Å². The molecule has 0 amide bonds. The third-order valence-electron chi connectivity index (χ3n) is 3.45. The van der Waals surface area contributed by atoms with Gasteiger partial charge in [-0.25, -0.2) is 0 Å². The lowest BCUT2D eigenvalue weighted by Crippen LogP contribution is -2.13. The molecule has 0 spiro atoms. The highest BCUT2D eigenvalue weighted by molar-refractivity contribution is 5.82. The van der Waals surface area contributed by atoms with Crippen LogP contribution in [-0.4, -0.2) is 11.6 Å². The fraction of sp³-hybridized carbons (Fsp3) is 0.400. The molecule has 0 radical (unpaired) electrons. The van der Waals surface area contributed by atoms with Crippen LogP contribution in [0.5, 0.6) is 0 Å². The molecule has 3 rings (SSSR count). The maximum Gasteiger partial charge on any atom is 0.0994 e. The Balaban J connectivity index is 2.05. The van der Waals surface area contributed by atoms with Gasteiger partial charge in [-0.15, -0.1) is 0 Å². The highest BCUT2D eigenvalue weighted by atomic mass is 16.5. The fourth-order valence-corrected chi connectivity index (χ4v) is 2.51. The lowest BCUT2D eigenvalue weighted by molar-refractivity contribution is 0.0125. The Labute approximate surface area is 102 Å². The molecule has 1 atom stereocenters. The number of hydrogen-bond donors (Lipinski definition) is 0. The summed E-state index contributed by atoms with van der Waals surface area (Å²) in [6, 6.07) is 10.5. The number of aryl methyl sites for hydroxylation is 1. The maximum absolute atomic E-state index is 5.81. The quantitative estimate of drug-likeness (QED) is 0.739. The van der Waals surface area contributed by atoms with Crippen LogP contribution in [0.1, 0.15) is 36.6 Å². The molecule has 2 nitrogen and oxygen atoms in total. The van der Waals surface area contributed by atoms with E-state index in [9.17, 15) is 0 Å². The van der Waals surface area contributed by atoms with E-state index in [0.717, 1.165) is 24.2 Å². The number of aromatic nitrogens is 1. The summed E-state index contributed by atoms with van der Waals surface area (Å²) in [5.74, 6) is 0. The van der Waals surface area contributed by atoms with Gasteiger partial charge in [0.2, 0.25) is 0 Å². The van der Waals surface area contributed by atoms with Crippen LogP contribution in [0, 0.1) is 6.92 Å². The Morgan fingerprint density at radius 1 is 1.24 bits per heavy atom. The lowest BCUT2D eigenvalue weighted by atomic mass is 10.0. The van der Waals surface area contributed by atoms with Crippen molar-refractivity contribution in [3.63, 3.8) is 0 Å². The molecule has 2 heterocycles. The normalized spacial score (nSPS) is 20.6. The van der Waals surface area contributed by atoms with Crippen molar-refractivity contribution in [2.24, 2.45) is 0 Å². The van der Waals surface area contributed by atoms with Crippen LogP contribution in [0.25, 0.3) is 10.9 Å². The van der Waals surface area contributed by atoms with E-state index in [4.69, 9.17) is 9.72 Å². The largest absolute Gasteiger partial charge is 0.372 e. The van der Waals surface area contributed by atoms with E-state index < -0.39 is 0 Å². The summed E-state index contributed by atoms with van der Waals surface area (Å²) in [6.45, 7) is 3.02. The third-order valence-corrected chi connectivity index (χ3v) is 3.45. The first-order chi connectivity index (χ1) is 8.34. The molecule has 0 saturated carbocycles. The maximum atomic E-state index is 5.81. The molecule has 1 fully saturated rings. The summed E-state index contributed by atoms with van der Waals surface area (Å²) in [6.07, 6.45) is 3.73. The molecule has 1 unspecified atom stereocenters. The first-order valence-corrected chi connectivity index (χ1v) is 6.32. The van der Waals surface area contributed by atoms with Crippen molar-refractivity contribution < 1.29 is 4.74 Å². The second-order valence-electron chi connectivity index (χ2n) is 4.74. The first kappa shape index (κ1) is 10.7. The number of para-hydroxylation sites is 1. The predicted molar refractivity (Wildman–Crippen MR) is 69.0 cm³/mol. The van der Waals surface area contributed by atoms with Crippen LogP contribution in [0.2, 0.25) is 0 Å². The van der Waals surface area contributed by atoms with E-state index in [0.29, 0.717) is 0 Å². The van der Waals surface area contributed by atoms with Crippen LogP contribution >= 0.6 is 0 Å². The van der Waals surface area contributed by atoms with E-state index in [2.05, 4.69) is 31.2 Å². The van der Waals surface area contributed by atoms with Crippen molar-refractivity contribution in [2.75, 3.05) is 6.61 Å². The lowest BCUT2D eigenvalue weighted by Gasteiger charge is -2.22. The van der Waals surface area contributed by atoms with E-state index in [1.54, 1.807) is 0 Å². The van der Waals surface area contributed by atoms with E-state index in [1.165, 1.54) is 23.8 Å². The second-order valence-corrected chi connectivity index (χ2v) is 4.74. The van der Waals surface area contributed by atoms with E-state index in [1.807, 2.05) is 6.07 Å². The van der Waals surface area contributed by atoms with Crippen molar-refractivity contribution >= 4 is 10.9 Å². The highest BCUT2D eigenvalue weighted by Gasteiger charge is 2.18. The molecular weight excluding hydrogens is 210 g/mol. The van der Waals surface area contributed by atoms with Gasteiger partial charge in [0, 0.05) is 12.0 Å². The Hall–Kier alpha value is -1.41. The summed E-state index contributed by atoms with van der Waals surface area (Å²) in [7, 11) is 0. The summed E-state index contributed by atoms with van der Waals surface area (Å²) in [5, 5.41) is 1.24. The van der Waals surface area contributed by atoms with Crippen LogP contribution < -0.4 is 0 Å². The number of nitrogens with zero attached hydrogens (tertiary/aromatic N) is 1. The molecule has 88 valence electrons. The molecule has 0 bridgehead atoms. The van der Waals surface area contributed by atoms with Crippen molar-refractivity contribution in [1.82, 2.24) is 4.98 Å². The summed E-state index contributed by atoms with van der Waals surface area (Å²) in [4.78, 5) is 4.73. The number of benzene rings is 1. The Kier molecular flexibility index (Phi) is 2.81. The number of hydrogen-bond acceptors (Lipinski definition) is 2. The molecule has 1 aromatic heterocycles. The minimum Gasteiger partial charge on any atom is -0.372 e. The number of rotatable bonds is 1. The molecule has 1 aliphatic heterocycles. The molecule has 2 heteroatoms. The molecule has 17 heavy (non-hydrogen) atoms. The minimum atomic E-state index is 0.201. The first-order valence-electron chi connectivity index (χ1n) is 6.32. The zero-order valence-corrected chi connectivity index (χ0v) is 10.1. The average Bonchev–Trinajstić information content (AvgIpc) is 2.40. The molecule has 0 N–H and O–H groups in total. The monoisotopic (exact) mass is 227 g/mol. The van der Waals surface area contributed by atoms with Crippen LogP contribution in [0.15, 0.2) is 30.3 Å². The highest BCUT2D eigenvalue weighted by Crippen LogP contribution is 2.29. The van der Waals surface area contributed by atoms with Crippen LogP contribution in [0.4, 0.5) is 0 Å². The molecular formula is C15H17NO. The number of ether oxygens (including phenoxy) is 1. The summed E-state index contributed by atoms with van der Waals surface area (Å²) < 4.78 is 5.81. The van der Waals surface area contributed by atoms with Gasteiger partial charge < -0.3 is 4.74 Å². The fourth-order valence-electron chi connectivity index (χ4n) is 2.51. The molecule has 1 aromatic carbocycles. The van der Waals surface area contributed by atoms with Crippen molar-refractivity contribution in [3.8, 4) is 0 Å². The molecule has 0 aliphatic carbocycles. The van der Waals surface area contributed by atoms with Crippen molar-refractivity contribution in [1.29, 1.82) is 0 Å². The Morgan fingerprint density at radius 3 is 2.94 bits per heavy atom. The van der Waals surface area contributed by atoms with Gasteiger partial charge in [-0.2, -0.15) is 0 Å². The van der Waals surface area contributed by atoms with Gasteiger partial charge in [0.25, 0.3) is 0 Å². The molecule has 2 aromatic rings. The molecule has 1 aliphatic rings. The number of fused-ring (bicyclic) bond motifs is 1. The van der Waals surface area contributed by atoms with Crippen LogP contribution in [0.3, 0.4) is 0 Å². The Morgan fingerprint density at radius 2 is 2.12 bits per heavy atom. The van der Waals surface area contributed by atoms with Crippen molar-refractivity contribution in [3.05, 3.63) is 41.6 Å². The van der Waals surface area contributed by atoms with Gasteiger partial charge in [0.05, 0.1) is 17.3 Å². The van der Waals surface area contributed by atoms with Crippen LogP contribution in [-0.2, 0) is 4.74 Å². The standard InChI is InChI=1S/C15H17NO/c1-11-10-14(15-8-4-5-9-17-15)16-13-7-3-2-6-12(11)13/h2-3,6-7,10,15H,4-5,8-9H2,1H3. The van der Waals surface area contributed by atoms with Crippen molar-refractivity contribution in [2.45, 2.75) is 32.3 Å². The topological polar surface area (TPSA) is 22.1 Å². The predicted octanol–water partition coefficient (Wildman–Crippen LogP) is 3.78. The van der Waals surface area contributed by atoms with E-state index >= 15 is 0 Å². The van der Waals surface area contributed by atoms with Gasteiger partial charge in [-0.05, 0) is 43.9 Å². The van der Waals surface area contributed by atoms with Gasteiger partial charge in [0.1, 0.15) is 0 Å². The summed E-state index contributed by atoms with van der Waals surface area (Å²) in [5.41, 5.74) is 3.47. The second kappa shape index (κ2) is 4.46. The zero-order chi connectivity index (χ0) is 11.7. The van der Waals surface area contributed by atoms with Gasteiger partial charge >= 0.3 is 0 Å². The van der Waals surface area contributed by atoms with Gasteiger partial charge in [-0.1, -0.05) is 18.2 Å². The Bertz CT molecular complexity index is 529. The number of pyridine rings is 1. The molecule has 1 saturated heterocycles.